The van der Waals surface area contributed by atoms with E-state index < -0.39 is 16.1 Å². The van der Waals surface area contributed by atoms with Crippen molar-refractivity contribution in [2.75, 3.05) is 18.8 Å². The van der Waals surface area contributed by atoms with Crippen molar-refractivity contribution in [3.05, 3.63) is 142 Å². The maximum absolute atomic E-state index is 12.6. The number of anilines is 1. The number of carbonyl (C=O) groups is 2. The fourth-order valence-electron chi connectivity index (χ4n) is 7.61. The van der Waals surface area contributed by atoms with Crippen molar-refractivity contribution in [3.63, 3.8) is 0 Å². The molecule has 16 heteroatoms. The third-order valence-electron chi connectivity index (χ3n) is 10.9. The molecule has 0 aliphatic carbocycles. The Hall–Kier alpha value is -7.36. The molecule has 0 unspecified atom stereocenters. The highest BCUT2D eigenvalue weighted by Crippen LogP contribution is 2.35. The number of aromatic nitrogens is 4. The topological polar surface area (TPSA) is 204 Å². The molecule has 2 saturated heterocycles. The minimum Gasteiger partial charge on any atom is -0.489 e. The zero-order valence-corrected chi connectivity index (χ0v) is 38.3. The summed E-state index contributed by atoms with van der Waals surface area (Å²) in [4.78, 5) is 54.8. The largest absolute Gasteiger partial charge is 0.489 e. The number of nitrogen functional groups attached to an aromatic ring is 1. The Kier molecular flexibility index (Phi) is 14.3. The zero-order valence-electron chi connectivity index (χ0n) is 38.3. The van der Waals surface area contributed by atoms with Crippen LogP contribution in [-0.2, 0) is 22.7 Å². The van der Waals surface area contributed by atoms with Gasteiger partial charge in [0, 0.05) is 30.9 Å². The molecule has 66 heavy (non-hydrogen) atoms. The molecule has 16 nitrogen and oxygen atoms in total. The predicted octanol–water partition coefficient (Wildman–Crippen LogP) is 10.9. The zero-order chi connectivity index (χ0) is 47.0. The minimum absolute atomic E-state index is 0.0545. The molecule has 6 aromatic rings. The summed E-state index contributed by atoms with van der Waals surface area (Å²) in [5.74, 6) is 3.01. The lowest BCUT2D eigenvalue weighted by Crippen LogP contribution is -2.36. The average Bonchev–Trinajstić information content (AvgIpc) is 4.12. The number of aromatic amines is 2. The lowest BCUT2D eigenvalue weighted by molar-refractivity contribution is -0.384. The van der Waals surface area contributed by atoms with Crippen LogP contribution in [0.3, 0.4) is 0 Å². The normalized spacial score (nSPS) is 16.0. The molecular weight excluding hydrogens is 841 g/mol. The van der Waals surface area contributed by atoms with Gasteiger partial charge in [0.15, 0.2) is 0 Å². The fraction of sp³-hybridized carbons (Fsp3) is 0.360. The monoisotopic (exact) mass is 898 g/mol. The molecule has 2 aromatic heterocycles. The maximum atomic E-state index is 12.6. The molecule has 2 aliphatic heterocycles. The predicted molar refractivity (Wildman–Crippen MR) is 250 cm³/mol. The Balaban J connectivity index is 0.000000197. The van der Waals surface area contributed by atoms with E-state index in [-0.39, 0.29) is 30.0 Å². The van der Waals surface area contributed by atoms with Gasteiger partial charge in [0.2, 0.25) is 0 Å². The fourth-order valence-corrected chi connectivity index (χ4v) is 7.61. The van der Waals surface area contributed by atoms with Crippen molar-refractivity contribution in [1.82, 2.24) is 29.7 Å². The van der Waals surface area contributed by atoms with Crippen LogP contribution in [0.2, 0.25) is 0 Å². The van der Waals surface area contributed by atoms with Crippen LogP contribution >= 0.6 is 0 Å². The van der Waals surface area contributed by atoms with E-state index in [4.69, 9.17) is 24.7 Å². The summed E-state index contributed by atoms with van der Waals surface area (Å²) < 4.78 is 22.8. The van der Waals surface area contributed by atoms with E-state index in [0.717, 1.165) is 82.4 Å². The van der Waals surface area contributed by atoms with E-state index in [0.29, 0.717) is 32.1 Å². The van der Waals surface area contributed by atoms with E-state index in [9.17, 15) is 19.7 Å². The minimum atomic E-state index is -0.541. The van der Waals surface area contributed by atoms with Gasteiger partial charge in [-0.3, -0.25) is 19.9 Å². The molecule has 2 fully saturated rings. The molecule has 4 aromatic carbocycles. The molecule has 0 bridgehead atoms. The molecule has 0 radical (unpaired) electrons. The molecule has 0 spiro atoms. The quantitative estimate of drug-likeness (QED) is 0.0634. The van der Waals surface area contributed by atoms with Gasteiger partial charge in [0.1, 0.15) is 47.6 Å². The van der Waals surface area contributed by atoms with Gasteiger partial charge < -0.3 is 34.6 Å². The van der Waals surface area contributed by atoms with Crippen molar-refractivity contribution in [2.24, 2.45) is 0 Å². The number of non-ortho nitro benzene ring substituents is 1. The summed E-state index contributed by atoms with van der Waals surface area (Å²) in [5, 5.41) is 10.8. The van der Waals surface area contributed by atoms with Crippen molar-refractivity contribution in [2.45, 2.75) is 104 Å². The second kappa shape index (κ2) is 20.2. The second-order valence-electron chi connectivity index (χ2n) is 18.3. The number of ether oxygens (including phenoxy) is 4. The van der Waals surface area contributed by atoms with Crippen LogP contribution < -0.4 is 15.2 Å². The number of nitro groups is 1. The number of hydrogen-bond donors (Lipinski definition) is 3. The second-order valence-corrected chi connectivity index (χ2v) is 18.3. The average molecular weight is 899 g/mol. The maximum Gasteiger partial charge on any atom is 0.410 e. The highest BCUT2D eigenvalue weighted by molar-refractivity contribution is 5.70. The van der Waals surface area contributed by atoms with Crippen molar-refractivity contribution < 1.29 is 33.5 Å². The summed E-state index contributed by atoms with van der Waals surface area (Å²) in [6.07, 6.45) is 6.51. The Labute approximate surface area is 384 Å². The lowest BCUT2D eigenvalue weighted by Gasteiger charge is -2.27. The van der Waals surface area contributed by atoms with Gasteiger partial charge in [-0.15, -0.1) is 0 Å². The first kappa shape index (κ1) is 46.6. The Morgan fingerprint density at radius 1 is 0.652 bits per heavy atom. The van der Waals surface area contributed by atoms with Gasteiger partial charge in [0.25, 0.3) is 5.69 Å². The Morgan fingerprint density at radius 2 is 1.05 bits per heavy atom. The molecule has 2 atom stereocenters. The number of rotatable bonds is 11. The van der Waals surface area contributed by atoms with Crippen LogP contribution in [0.25, 0.3) is 22.5 Å². The van der Waals surface area contributed by atoms with Crippen LogP contribution in [0.15, 0.2) is 109 Å². The number of hydrogen-bond acceptors (Lipinski definition) is 11. The molecule has 4 N–H and O–H groups in total. The standard InChI is InChI=1S/C25H28N4O5.C25H30N4O3/c1-25(2,3)34-24(30)28-14-4-5-22(28)23-26-15-21(27-23)18-8-12-20(13-9-18)33-16-17-6-10-19(11-7-17)29(31)32;1-25(2,3)32-24(30)29-14-4-5-22(29)23-27-15-21(28-23)18-8-12-20(13-9-18)31-16-17-6-10-19(26)11-7-17/h6-13,15,22H,4-5,14,16H2,1-3H3,(H,26,27);6-13,15,22H,4-5,14,16,26H2,1-3H3,(H,27,28)/t2*22-/m00/s1. The summed E-state index contributed by atoms with van der Waals surface area (Å²) in [5.41, 5.74) is 11.1. The van der Waals surface area contributed by atoms with Crippen molar-refractivity contribution in [3.8, 4) is 34.0 Å². The van der Waals surface area contributed by atoms with Crippen molar-refractivity contribution >= 4 is 23.6 Å². The van der Waals surface area contributed by atoms with E-state index in [1.165, 1.54) is 12.1 Å². The number of amides is 2. The molecule has 8 rings (SSSR count). The van der Waals surface area contributed by atoms with E-state index in [1.54, 1.807) is 28.1 Å². The highest BCUT2D eigenvalue weighted by Gasteiger charge is 2.36. The summed E-state index contributed by atoms with van der Waals surface area (Å²) >= 11 is 0. The molecule has 2 amide bonds. The smallest absolute Gasteiger partial charge is 0.410 e. The van der Waals surface area contributed by atoms with Crippen LogP contribution in [0.4, 0.5) is 21.0 Å². The first-order valence-corrected chi connectivity index (χ1v) is 22.1. The molecule has 0 saturated carbocycles. The van der Waals surface area contributed by atoms with Gasteiger partial charge in [-0.2, -0.15) is 0 Å². The van der Waals surface area contributed by atoms with E-state index >= 15 is 0 Å². The Bertz CT molecular complexity index is 2560. The molecular formula is C50H58N8O8. The number of carbonyl (C=O) groups excluding carboxylic acids is 2. The van der Waals surface area contributed by atoms with Gasteiger partial charge in [-0.1, -0.05) is 12.1 Å². The van der Waals surface area contributed by atoms with Crippen LogP contribution in [0.1, 0.15) is 102 Å². The molecule has 346 valence electrons. The summed E-state index contributed by atoms with van der Waals surface area (Å²) in [6, 6.07) is 29.2. The van der Waals surface area contributed by atoms with Crippen molar-refractivity contribution in [1.29, 1.82) is 0 Å². The number of likely N-dealkylation sites (tertiary alicyclic amines) is 2. The summed E-state index contributed by atoms with van der Waals surface area (Å²) in [6.45, 7) is 13.3. The molecule has 2 aliphatic rings. The third-order valence-corrected chi connectivity index (χ3v) is 10.9. The number of nitrogens with one attached hydrogen (secondary N) is 2. The number of nitrogens with zero attached hydrogens (tertiary/aromatic N) is 5. The number of benzene rings is 4. The van der Waals surface area contributed by atoms with E-state index in [1.807, 2.05) is 121 Å². The van der Waals surface area contributed by atoms with Crippen LogP contribution in [0, 0.1) is 10.1 Å². The number of imidazole rings is 2. The summed E-state index contributed by atoms with van der Waals surface area (Å²) in [7, 11) is 0. The third kappa shape index (κ3) is 12.5. The van der Waals surface area contributed by atoms with Crippen LogP contribution in [-0.4, -0.2) is 71.1 Å². The highest BCUT2D eigenvalue weighted by atomic mass is 16.6. The lowest BCUT2D eigenvalue weighted by atomic mass is 10.1. The molecule has 4 heterocycles. The SMILES string of the molecule is CC(C)(C)OC(=O)N1CCC[C@H]1c1ncc(-c2ccc(OCc3ccc(N)cc3)cc2)[nH]1.CC(C)(C)OC(=O)N1CCC[C@H]1c1ncc(-c2ccc(OCc3ccc([N+](=O)[O-])cc3)cc2)[nH]1. The Morgan fingerprint density at radius 3 is 1.42 bits per heavy atom. The number of H-pyrrole nitrogens is 2. The van der Waals surface area contributed by atoms with E-state index in [2.05, 4.69) is 19.9 Å². The van der Waals surface area contributed by atoms with Gasteiger partial charge in [-0.05, 0) is 162 Å². The number of nitrogens with two attached hydrogens (primary N) is 1. The van der Waals surface area contributed by atoms with Gasteiger partial charge in [-0.25, -0.2) is 19.6 Å². The first-order valence-electron chi connectivity index (χ1n) is 22.1. The number of nitro benzene ring substituents is 1. The first-order chi connectivity index (χ1) is 31.5. The van der Waals surface area contributed by atoms with Gasteiger partial charge in [0.05, 0.1) is 40.8 Å². The van der Waals surface area contributed by atoms with Crippen LogP contribution in [0.5, 0.6) is 11.5 Å². The van der Waals surface area contributed by atoms with Gasteiger partial charge >= 0.3 is 12.2 Å².